The zero-order valence-electron chi connectivity index (χ0n) is 15.3. The molecule has 4 aromatic rings. The van der Waals surface area contributed by atoms with Crippen molar-refractivity contribution in [2.24, 2.45) is 0 Å². The first kappa shape index (κ1) is 18.5. The van der Waals surface area contributed by atoms with Crippen molar-refractivity contribution in [1.29, 1.82) is 0 Å². The fourth-order valence-corrected chi connectivity index (χ4v) is 3.01. The normalized spacial score (nSPS) is 10.7. The number of ether oxygens (including phenoxy) is 1. The molecule has 4 rings (SSSR count). The van der Waals surface area contributed by atoms with Gasteiger partial charge in [0.25, 0.3) is 5.91 Å². The third kappa shape index (κ3) is 3.74. The molecule has 0 aliphatic rings. The van der Waals surface area contributed by atoms with Crippen LogP contribution in [0.3, 0.4) is 0 Å². The fraction of sp³-hybridized carbons (Fsp3) is 0.0435. The highest BCUT2D eigenvalue weighted by atomic mass is 16.5. The third-order valence-electron chi connectivity index (χ3n) is 4.49. The predicted octanol–water partition coefficient (Wildman–Crippen LogP) is 4.16. The van der Waals surface area contributed by atoms with Crippen LogP contribution < -0.4 is 15.6 Å². The first-order chi connectivity index (χ1) is 14.2. The van der Waals surface area contributed by atoms with Gasteiger partial charge in [0.2, 0.25) is 11.2 Å². The van der Waals surface area contributed by atoms with Crippen LogP contribution in [0.2, 0.25) is 0 Å². The highest BCUT2D eigenvalue weighted by molar-refractivity contribution is 5.93. The molecule has 0 fully saturated rings. The predicted molar refractivity (Wildman–Crippen MR) is 108 cm³/mol. The van der Waals surface area contributed by atoms with Gasteiger partial charge in [-0.15, -0.1) is 0 Å². The van der Waals surface area contributed by atoms with E-state index in [1.54, 1.807) is 47.9 Å². The van der Waals surface area contributed by atoms with Gasteiger partial charge < -0.3 is 9.15 Å². The van der Waals surface area contributed by atoms with Crippen LogP contribution >= 0.6 is 0 Å². The van der Waals surface area contributed by atoms with Gasteiger partial charge in [0.1, 0.15) is 12.2 Å². The molecule has 0 aliphatic heterocycles. The van der Waals surface area contributed by atoms with Crippen molar-refractivity contribution in [3.8, 4) is 17.1 Å². The number of rotatable bonds is 5. The van der Waals surface area contributed by atoms with Crippen LogP contribution in [0.5, 0.6) is 5.75 Å². The average molecular weight is 387 g/mol. The Morgan fingerprint density at radius 3 is 2.34 bits per heavy atom. The van der Waals surface area contributed by atoms with E-state index in [2.05, 4.69) is 0 Å². The van der Waals surface area contributed by atoms with Crippen LogP contribution in [-0.2, 0) is 6.61 Å². The minimum Gasteiger partial charge on any atom is -0.481 e. The van der Waals surface area contributed by atoms with Crippen molar-refractivity contribution in [1.82, 2.24) is 5.48 Å². The lowest BCUT2D eigenvalue weighted by molar-refractivity contribution is 0.0706. The van der Waals surface area contributed by atoms with Gasteiger partial charge in [-0.1, -0.05) is 54.6 Å². The van der Waals surface area contributed by atoms with Crippen LogP contribution in [0.25, 0.3) is 22.3 Å². The van der Waals surface area contributed by atoms with Crippen molar-refractivity contribution < 1.29 is 19.2 Å². The SMILES string of the molecule is O=C(NO)c1ccc(COc2c(-c3ccccc3)oc3ccccc3c2=O)cc1. The lowest BCUT2D eigenvalue weighted by Crippen LogP contribution is -2.18. The minimum atomic E-state index is -0.598. The lowest BCUT2D eigenvalue weighted by atomic mass is 10.1. The molecule has 0 aliphatic carbocycles. The summed E-state index contributed by atoms with van der Waals surface area (Å²) in [5.74, 6) is -0.100. The summed E-state index contributed by atoms with van der Waals surface area (Å²) in [5, 5.41) is 9.14. The molecule has 3 aromatic carbocycles. The standard InChI is InChI=1S/C23H17NO5/c25-20-18-8-4-5-9-19(18)29-21(16-6-2-1-3-7-16)22(20)28-14-15-10-12-17(13-11-15)23(26)24-27/h1-13,27H,14H2,(H,24,26). The molecule has 1 amide bonds. The molecule has 0 radical (unpaired) electrons. The van der Waals surface area contributed by atoms with Crippen molar-refractivity contribution >= 4 is 16.9 Å². The molecule has 6 nitrogen and oxygen atoms in total. The van der Waals surface area contributed by atoms with Gasteiger partial charge in [-0.05, 0) is 29.8 Å². The van der Waals surface area contributed by atoms with Crippen LogP contribution in [-0.4, -0.2) is 11.1 Å². The molecule has 2 N–H and O–H groups in total. The molecule has 144 valence electrons. The molecule has 0 unspecified atom stereocenters. The van der Waals surface area contributed by atoms with Gasteiger partial charge in [-0.3, -0.25) is 14.8 Å². The zero-order chi connectivity index (χ0) is 20.2. The van der Waals surface area contributed by atoms with Crippen molar-refractivity contribution in [2.45, 2.75) is 6.61 Å². The van der Waals surface area contributed by atoms with Crippen molar-refractivity contribution in [3.63, 3.8) is 0 Å². The van der Waals surface area contributed by atoms with Crippen LogP contribution in [0, 0.1) is 0 Å². The number of para-hydroxylation sites is 1. The summed E-state index contributed by atoms with van der Waals surface area (Å²) in [7, 11) is 0. The lowest BCUT2D eigenvalue weighted by Gasteiger charge is -2.12. The Balaban J connectivity index is 1.71. The fourth-order valence-electron chi connectivity index (χ4n) is 3.01. The average Bonchev–Trinajstić information content (AvgIpc) is 2.79. The third-order valence-corrected chi connectivity index (χ3v) is 4.49. The Bertz CT molecular complexity index is 1210. The van der Waals surface area contributed by atoms with E-state index in [1.807, 2.05) is 36.4 Å². The van der Waals surface area contributed by atoms with Gasteiger partial charge in [-0.25, -0.2) is 5.48 Å². The van der Waals surface area contributed by atoms with Crippen molar-refractivity contribution in [2.75, 3.05) is 0 Å². The topological polar surface area (TPSA) is 88.8 Å². The van der Waals surface area contributed by atoms with Gasteiger partial charge >= 0.3 is 0 Å². The number of amides is 1. The van der Waals surface area contributed by atoms with E-state index in [1.165, 1.54) is 0 Å². The van der Waals surface area contributed by atoms with Gasteiger partial charge in [0, 0.05) is 11.1 Å². The zero-order valence-corrected chi connectivity index (χ0v) is 15.3. The van der Waals surface area contributed by atoms with E-state index < -0.39 is 5.91 Å². The smallest absolute Gasteiger partial charge is 0.274 e. The quantitative estimate of drug-likeness (QED) is 0.397. The number of benzene rings is 3. The van der Waals surface area contributed by atoms with E-state index >= 15 is 0 Å². The molecule has 0 atom stereocenters. The summed E-state index contributed by atoms with van der Waals surface area (Å²) in [6, 6.07) is 22.8. The largest absolute Gasteiger partial charge is 0.481 e. The number of nitrogens with one attached hydrogen (secondary N) is 1. The second-order valence-corrected chi connectivity index (χ2v) is 6.38. The Morgan fingerprint density at radius 1 is 0.931 bits per heavy atom. The molecule has 0 saturated carbocycles. The number of fused-ring (bicyclic) bond motifs is 1. The number of hydroxylamine groups is 1. The van der Waals surface area contributed by atoms with E-state index in [0.717, 1.165) is 11.1 Å². The number of hydrogen-bond acceptors (Lipinski definition) is 5. The first-order valence-electron chi connectivity index (χ1n) is 8.95. The molecule has 0 spiro atoms. The van der Waals surface area contributed by atoms with E-state index in [-0.39, 0.29) is 17.8 Å². The van der Waals surface area contributed by atoms with E-state index in [4.69, 9.17) is 14.4 Å². The molecule has 6 heteroatoms. The summed E-state index contributed by atoms with van der Waals surface area (Å²) < 4.78 is 11.9. The number of hydrogen-bond donors (Lipinski definition) is 2. The van der Waals surface area contributed by atoms with Gasteiger partial charge in [-0.2, -0.15) is 0 Å². The van der Waals surface area contributed by atoms with E-state index in [9.17, 15) is 9.59 Å². The minimum absolute atomic E-state index is 0.115. The first-order valence-corrected chi connectivity index (χ1v) is 8.95. The molecule has 1 aromatic heterocycles. The second kappa shape index (κ2) is 8.00. The maximum atomic E-state index is 13.1. The van der Waals surface area contributed by atoms with Crippen LogP contribution in [0.15, 0.2) is 88.1 Å². The summed E-state index contributed by atoms with van der Waals surface area (Å²) in [5.41, 5.74) is 3.63. The van der Waals surface area contributed by atoms with Crippen LogP contribution in [0.4, 0.5) is 0 Å². The summed E-state index contributed by atoms with van der Waals surface area (Å²) in [6.07, 6.45) is 0. The number of carbonyl (C=O) groups is 1. The van der Waals surface area contributed by atoms with Gasteiger partial charge in [0.05, 0.1) is 5.39 Å². The Kier molecular flexibility index (Phi) is 5.09. The summed E-state index contributed by atoms with van der Waals surface area (Å²) in [6.45, 7) is 0.115. The molecule has 1 heterocycles. The number of carbonyl (C=O) groups excluding carboxylic acids is 1. The molecular formula is C23H17NO5. The molecule has 29 heavy (non-hydrogen) atoms. The van der Waals surface area contributed by atoms with Gasteiger partial charge in [0.15, 0.2) is 5.76 Å². The molecule has 0 bridgehead atoms. The highest BCUT2D eigenvalue weighted by Gasteiger charge is 2.17. The molecular weight excluding hydrogens is 370 g/mol. The Morgan fingerprint density at radius 2 is 1.62 bits per heavy atom. The van der Waals surface area contributed by atoms with Crippen LogP contribution in [0.1, 0.15) is 15.9 Å². The van der Waals surface area contributed by atoms with Crippen molar-refractivity contribution in [3.05, 3.63) is 100 Å². The summed E-state index contributed by atoms with van der Waals surface area (Å²) in [4.78, 5) is 24.5. The second-order valence-electron chi connectivity index (χ2n) is 6.38. The Hall–Kier alpha value is -3.90. The highest BCUT2D eigenvalue weighted by Crippen LogP contribution is 2.31. The maximum Gasteiger partial charge on any atom is 0.274 e. The summed E-state index contributed by atoms with van der Waals surface area (Å²) >= 11 is 0. The molecule has 0 saturated heterocycles. The maximum absolute atomic E-state index is 13.1. The van der Waals surface area contributed by atoms with E-state index in [0.29, 0.717) is 22.3 Å². The monoisotopic (exact) mass is 387 g/mol. The Labute approximate surface area is 165 Å².